The fourth-order valence-electron chi connectivity index (χ4n) is 2.86. The average Bonchev–Trinajstić information content (AvgIpc) is 2.58. The number of nitrogens with one attached hydrogen (secondary N) is 1. The number of aliphatic hydroxyl groups is 1. The van der Waals surface area contributed by atoms with E-state index in [1.165, 1.54) is 0 Å². The van der Waals surface area contributed by atoms with Crippen LogP contribution in [-0.4, -0.2) is 42.1 Å². The number of rotatable bonds is 7. The first-order chi connectivity index (χ1) is 11.4. The van der Waals surface area contributed by atoms with Crippen molar-refractivity contribution in [1.82, 2.24) is 5.32 Å². The van der Waals surface area contributed by atoms with Crippen LogP contribution in [0.4, 0.5) is 0 Å². The maximum Gasteiger partial charge on any atom is 1.00 e. The zero-order valence-electron chi connectivity index (χ0n) is 14.3. The molecule has 1 atom stereocenters. The van der Waals surface area contributed by atoms with Gasteiger partial charge in [0, 0.05) is 6.04 Å². The van der Waals surface area contributed by atoms with Crippen molar-refractivity contribution < 1.29 is 57.2 Å². The van der Waals surface area contributed by atoms with Crippen LogP contribution in [0.3, 0.4) is 0 Å². The number of hydrogen-bond acceptors (Lipinski definition) is 7. The Balaban J connectivity index is 0.00000312. The summed E-state index contributed by atoms with van der Waals surface area (Å²) in [5.74, 6) is -0.890. The van der Waals surface area contributed by atoms with Crippen molar-refractivity contribution in [2.24, 2.45) is 5.92 Å². The SMILES string of the molecule is O=C(CNC1CCC(C(O)S(=O)(=O)[O-])CC1)OCc1ccccc1.[Na+]. The van der Waals surface area contributed by atoms with Crippen LogP contribution in [0.5, 0.6) is 0 Å². The predicted octanol–water partition coefficient (Wildman–Crippen LogP) is -2.25. The van der Waals surface area contributed by atoms with Crippen molar-refractivity contribution in [2.45, 2.75) is 43.8 Å². The van der Waals surface area contributed by atoms with Crippen molar-refractivity contribution in [2.75, 3.05) is 6.54 Å². The first-order valence-corrected chi connectivity index (χ1v) is 9.39. The molecule has 0 bridgehead atoms. The molecule has 1 aliphatic rings. The standard InChI is InChI=1S/C16H23NO6S.Na/c18-15(23-11-12-4-2-1-3-5-12)10-17-14-8-6-13(7-9-14)16(19)24(20,21)22;/h1-5,13-14,16-17,19H,6-11H2,(H,20,21,22);/q;+1/p-1. The van der Waals surface area contributed by atoms with Crippen LogP contribution in [0.2, 0.25) is 0 Å². The molecule has 7 nitrogen and oxygen atoms in total. The number of carbonyl (C=O) groups is 1. The average molecular weight is 379 g/mol. The minimum absolute atomic E-state index is 0. The summed E-state index contributed by atoms with van der Waals surface area (Å²) in [5.41, 5.74) is -0.923. The normalized spacial score (nSPS) is 21.8. The number of hydrogen-bond donors (Lipinski definition) is 2. The van der Waals surface area contributed by atoms with Gasteiger partial charge in [-0.25, -0.2) is 8.42 Å². The summed E-state index contributed by atoms with van der Waals surface area (Å²) < 4.78 is 37.7. The molecule has 0 amide bonds. The second-order valence-corrected chi connectivity index (χ2v) is 7.49. The van der Waals surface area contributed by atoms with Crippen molar-refractivity contribution in [1.29, 1.82) is 0 Å². The summed E-state index contributed by atoms with van der Waals surface area (Å²) in [6, 6.07) is 9.42. The summed E-state index contributed by atoms with van der Waals surface area (Å²) in [6.07, 6.45) is 2.06. The van der Waals surface area contributed by atoms with E-state index in [1.54, 1.807) is 0 Å². The van der Waals surface area contributed by atoms with Gasteiger partial charge in [-0.15, -0.1) is 0 Å². The Hall–Kier alpha value is -0.480. The molecule has 1 aromatic carbocycles. The van der Waals surface area contributed by atoms with Crippen LogP contribution < -0.4 is 34.9 Å². The Morgan fingerprint density at radius 3 is 2.40 bits per heavy atom. The molecule has 0 saturated heterocycles. The fraction of sp³-hybridized carbons (Fsp3) is 0.562. The summed E-state index contributed by atoms with van der Waals surface area (Å²) in [6.45, 7) is 0.298. The Morgan fingerprint density at radius 1 is 1.24 bits per heavy atom. The minimum Gasteiger partial charge on any atom is -0.746 e. The Bertz CT molecular complexity index is 631. The van der Waals surface area contributed by atoms with Crippen molar-refractivity contribution >= 4 is 16.1 Å². The molecule has 0 spiro atoms. The third-order valence-electron chi connectivity index (χ3n) is 4.25. The van der Waals surface area contributed by atoms with E-state index in [9.17, 15) is 22.9 Å². The molecule has 1 aromatic rings. The number of carbonyl (C=O) groups excluding carboxylic acids is 1. The molecule has 1 fully saturated rings. The van der Waals surface area contributed by atoms with Gasteiger partial charge in [-0.05, 0) is 37.2 Å². The first-order valence-electron chi connectivity index (χ1n) is 7.92. The summed E-state index contributed by atoms with van der Waals surface area (Å²) >= 11 is 0. The molecule has 0 aromatic heterocycles. The molecular weight excluding hydrogens is 357 g/mol. The third-order valence-corrected chi connectivity index (χ3v) is 5.23. The van der Waals surface area contributed by atoms with Gasteiger partial charge in [-0.3, -0.25) is 4.79 Å². The Labute approximate surface area is 170 Å². The van der Waals surface area contributed by atoms with Gasteiger partial charge in [0.05, 0.1) is 6.54 Å². The quantitative estimate of drug-likeness (QED) is 0.312. The zero-order valence-corrected chi connectivity index (χ0v) is 17.1. The second kappa shape index (κ2) is 10.6. The molecule has 9 heteroatoms. The van der Waals surface area contributed by atoms with E-state index in [0.29, 0.717) is 25.7 Å². The van der Waals surface area contributed by atoms with Crippen molar-refractivity contribution in [3.8, 4) is 0 Å². The van der Waals surface area contributed by atoms with E-state index in [0.717, 1.165) is 5.56 Å². The van der Waals surface area contributed by atoms with E-state index in [1.807, 2.05) is 30.3 Å². The van der Waals surface area contributed by atoms with Crippen LogP contribution in [-0.2, 0) is 26.3 Å². The van der Waals surface area contributed by atoms with Gasteiger partial charge in [0.15, 0.2) is 0 Å². The molecule has 0 radical (unpaired) electrons. The summed E-state index contributed by atoms with van der Waals surface area (Å²) in [4.78, 5) is 11.7. The number of aliphatic hydroxyl groups excluding tert-OH is 1. The minimum atomic E-state index is -4.67. The molecule has 1 saturated carbocycles. The number of esters is 1. The molecule has 0 heterocycles. The van der Waals surface area contributed by atoms with Crippen LogP contribution in [0.25, 0.3) is 0 Å². The molecule has 0 aliphatic heterocycles. The van der Waals surface area contributed by atoms with E-state index in [-0.39, 0.29) is 54.7 Å². The van der Waals surface area contributed by atoms with Crippen molar-refractivity contribution in [3.05, 3.63) is 35.9 Å². The summed E-state index contributed by atoms with van der Waals surface area (Å²) in [5, 5.41) is 12.6. The van der Waals surface area contributed by atoms with Gasteiger partial charge in [0.25, 0.3) is 0 Å². The maximum absolute atomic E-state index is 11.7. The molecule has 2 N–H and O–H groups in total. The second-order valence-electron chi connectivity index (χ2n) is 6.02. The van der Waals surface area contributed by atoms with Crippen LogP contribution >= 0.6 is 0 Å². The molecule has 25 heavy (non-hydrogen) atoms. The van der Waals surface area contributed by atoms with Crippen molar-refractivity contribution in [3.63, 3.8) is 0 Å². The third kappa shape index (κ3) is 7.74. The number of ether oxygens (including phenoxy) is 1. The summed E-state index contributed by atoms with van der Waals surface area (Å²) in [7, 11) is -4.67. The van der Waals surface area contributed by atoms with Crippen LogP contribution in [0.15, 0.2) is 30.3 Å². The zero-order chi connectivity index (χ0) is 17.6. The van der Waals surface area contributed by atoms with Crippen LogP contribution in [0.1, 0.15) is 31.2 Å². The van der Waals surface area contributed by atoms with Gasteiger partial charge >= 0.3 is 35.5 Å². The smallest absolute Gasteiger partial charge is 0.746 e. The van der Waals surface area contributed by atoms with E-state index >= 15 is 0 Å². The first kappa shape index (κ1) is 22.6. The van der Waals surface area contributed by atoms with E-state index in [2.05, 4.69) is 5.32 Å². The van der Waals surface area contributed by atoms with E-state index < -0.39 is 21.5 Å². The number of benzene rings is 1. The van der Waals surface area contributed by atoms with Gasteiger partial charge < -0.3 is 19.7 Å². The van der Waals surface area contributed by atoms with Gasteiger partial charge in [0.1, 0.15) is 22.2 Å². The van der Waals surface area contributed by atoms with Gasteiger partial charge in [0.2, 0.25) is 0 Å². The van der Waals surface area contributed by atoms with Crippen LogP contribution in [0, 0.1) is 5.92 Å². The molecule has 2 rings (SSSR count). The molecule has 134 valence electrons. The monoisotopic (exact) mass is 379 g/mol. The Kier molecular flexibility index (Phi) is 9.58. The van der Waals surface area contributed by atoms with Gasteiger partial charge in [-0.1, -0.05) is 30.3 Å². The Morgan fingerprint density at radius 2 is 1.84 bits per heavy atom. The van der Waals surface area contributed by atoms with Gasteiger partial charge in [-0.2, -0.15) is 0 Å². The maximum atomic E-state index is 11.7. The van der Waals surface area contributed by atoms with E-state index in [4.69, 9.17) is 4.74 Å². The topological polar surface area (TPSA) is 116 Å². The fourth-order valence-corrected chi connectivity index (χ4v) is 3.60. The molecule has 1 aliphatic carbocycles. The largest absolute Gasteiger partial charge is 1.00 e. The predicted molar refractivity (Wildman–Crippen MR) is 85.7 cm³/mol. The molecular formula is C16H22NNaO6S. The molecule has 1 unspecified atom stereocenters.